The summed E-state index contributed by atoms with van der Waals surface area (Å²) in [4.78, 5) is 68.7. The normalized spacial score (nSPS) is 25.0. The molecule has 2 heterocycles. The van der Waals surface area contributed by atoms with Gasteiger partial charge in [0.15, 0.2) is 24.4 Å². The summed E-state index contributed by atoms with van der Waals surface area (Å²) in [5.74, 6) is -4.23. The fraction of sp³-hybridized carbons (Fsp3) is 0.379. The number of hydrogen-bond donors (Lipinski definition) is 0. The highest BCUT2D eigenvalue weighted by Gasteiger charge is 2.56. The van der Waals surface area contributed by atoms with Crippen molar-refractivity contribution in [2.45, 2.75) is 57.7 Å². The van der Waals surface area contributed by atoms with E-state index in [0.717, 1.165) is 27.9 Å². The van der Waals surface area contributed by atoms with Crippen LogP contribution >= 0.6 is 11.6 Å². The smallest absolute Gasteiger partial charge is 0.339 e. The molecule has 14 heteroatoms. The van der Waals surface area contributed by atoms with Crippen LogP contribution in [0, 0.1) is 0 Å². The molecule has 2 aromatic carbocycles. The Balaban J connectivity index is 1.84. The fourth-order valence-corrected chi connectivity index (χ4v) is 4.92. The number of methoxy groups -OCH3 is 1. The molecule has 43 heavy (non-hydrogen) atoms. The van der Waals surface area contributed by atoms with Gasteiger partial charge in [-0.2, -0.15) is 0 Å². The third kappa shape index (κ3) is 7.01. The van der Waals surface area contributed by atoms with Gasteiger partial charge in [-0.05, 0) is 18.2 Å². The summed E-state index contributed by atoms with van der Waals surface area (Å²) in [6, 6.07) is 13.9. The topological polar surface area (TPSA) is 156 Å². The Labute approximate surface area is 251 Å². The molecule has 2 aliphatic rings. The zero-order valence-corrected chi connectivity index (χ0v) is 24.6. The van der Waals surface area contributed by atoms with E-state index < -0.39 is 66.7 Å². The molecule has 13 nitrogen and oxygen atoms in total. The molecule has 4 rings (SSSR count). The Morgan fingerprint density at radius 3 is 2.09 bits per heavy atom. The number of rotatable bonds is 7. The first kappa shape index (κ1) is 31.6. The zero-order valence-electron chi connectivity index (χ0n) is 23.8. The molecule has 0 bridgehead atoms. The van der Waals surface area contributed by atoms with Crippen molar-refractivity contribution in [3.05, 3.63) is 64.7 Å². The number of amides is 1. The number of nitrogens with zero attached hydrogens (tertiary/aromatic N) is 2. The van der Waals surface area contributed by atoms with Crippen molar-refractivity contribution >= 4 is 52.8 Å². The Kier molecular flexibility index (Phi) is 9.79. The highest BCUT2D eigenvalue weighted by atomic mass is 35.5. The molecule has 1 amide bonds. The van der Waals surface area contributed by atoms with E-state index in [1.165, 1.54) is 11.9 Å². The first-order valence-corrected chi connectivity index (χ1v) is 13.4. The van der Waals surface area contributed by atoms with Gasteiger partial charge in [0.05, 0.1) is 18.5 Å². The lowest BCUT2D eigenvalue weighted by Crippen LogP contribution is -2.64. The lowest BCUT2D eigenvalue weighted by Gasteiger charge is -2.43. The van der Waals surface area contributed by atoms with E-state index in [-0.39, 0.29) is 0 Å². The zero-order chi connectivity index (χ0) is 31.4. The summed E-state index contributed by atoms with van der Waals surface area (Å²) < 4.78 is 32.8. The summed E-state index contributed by atoms with van der Waals surface area (Å²) in [5.41, 5.74) is 1.98. The number of ether oxygens (including phenoxy) is 6. The van der Waals surface area contributed by atoms with E-state index in [1.54, 1.807) is 42.5 Å². The second kappa shape index (κ2) is 13.3. The molecule has 0 N–H and O–H groups in total. The molecule has 1 fully saturated rings. The Morgan fingerprint density at radius 1 is 0.884 bits per heavy atom. The largest absolute Gasteiger partial charge is 0.467 e. The number of aliphatic imine (C=N–C) groups is 1. The fourth-order valence-electron chi connectivity index (χ4n) is 4.75. The molecular weight excluding hydrogens is 588 g/mol. The van der Waals surface area contributed by atoms with Crippen molar-refractivity contribution in [3.63, 3.8) is 0 Å². The van der Waals surface area contributed by atoms with Gasteiger partial charge in [0.2, 0.25) is 12.5 Å². The van der Waals surface area contributed by atoms with Crippen LogP contribution in [0.1, 0.15) is 31.9 Å². The van der Waals surface area contributed by atoms with E-state index in [1.807, 2.05) is 6.07 Å². The number of hydrogen-bond acceptors (Lipinski definition) is 12. The molecule has 6 atom stereocenters. The van der Waals surface area contributed by atoms with Crippen LogP contribution in [0.4, 0.5) is 5.69 Å². The summed E-state index contributed by atoms with van der Waals surface area (Å²) in [6.07, 6.45) is -9.88. The van der Waals surface area contributed by atoms with Crippen molar-refractivity contribution in [3.8, 4) is 0 Å². The third-order valence-electron chi connectivity index (χ3n) is 6.51. The molecule has 0 aromatic heterocycles. The lowest BCUT2D eigenvalue weighted by molar-refractivity contribution is -0.307. The van der Waals surface area contributed by atoms with Crippen LogP contribution < -0.4 is 4.90 Å². The third-order valence-corrected chi connectivity index (χ3v) is 6.74. The standard InChI is InChI=1S/C29H29ClN2O11/c1-14(33)39-22-23(40-15(2)34)25(41-16(3)35)29(42-24(22)28(37)38-5)43-26-27(36)32(4)20-12-11-18(30)13-19(20)21(31-26)17-9-7-6-8-10-17/h6-13,22-26,29H,1-5H3/t22-,23-,24-,25+,26?,29-/m1/s1. The van der Waals surface area contributed by atoms with Crippen LogP contribution in [0.15, 0.2) is 53.5 Å². The van der Waals surface area contributed by atoms with Crippen molar-refractivity contribution in [1.82, 2.24) is 0 Å². The minimum absolute atomic E-state index is 0.347. The van der Waals surface area contributed by atoms with E-state index in [2.05, 4.69) is 4.99 Å². The number of fused-ring (bicyclic) bond motifs is 1. The van der Waals surface area contributed by atoms with Crippen LogP contribution in [0.25, 0.3) is 0 Å². The molecule has 2 aliphatic heterocycles. The monoisotopic (exact) mass is 616 g/mol. The molecular formula is C29H29ClN2O11. The van der Waals surface area contributed by atoms with Gasteiger partial charge in [-0.3, -0.25) is 19.2 Å². The number of halogens is 1. The second-order valence-electron chi connectivity index (χ2n) is 9.56. The summed E-state index contributed by atoms with van der Waals surface area (Å²) in [5, 5.41) is 0.398. The van der Waals surface area contributed by atoms with Crippen molar-refractivity contribution in [1.29, 1.82) is 0 Å². The Bertz CT molecular complexity index is 1450. The predicted octanol–water partition coefficient (Wildman–Crippen LogP) is 2.19. The predicted molar refractivity (Wildman–Crippen MR) is 149 cm³/mol. The molecule has 0 saturated carbocycles. The van der Waals surface area contributed by atoms with Crippen LogP contribution in [0.5, 0.6) is 0 Å². The molecule has 0 aliphatic carbocycles. The van der Waals surface area contributed by atoms with Gasteiger partial charge in [-0.1, -0.05) is 41.9 Å². The minimum atomic E-state index is -1.74. The summed E-state index contributed by atoms with van der Waals surface area (Å²) in [7, 11) is 2.57. The molecule has 0 radical (unpaired) electrons. The number of likely N-dealkylation sites (N-methyl/N-ethyl adjacent to an activating group) is 1. The highest BCUT2D eigenvalue weighted by Crippen LogP contribution is 2.34. The second-order valence-corrected chi connectivity index (χ2v) is 10.00. The average Bonchev–Trinajstić information content (AvgIpc) is 3.05. The van der Waals surface area contributed by atoms with E-state index in [9.17, 15) is 24.0 Å². The molecule has 2 aromatic rings. The maximum atomic E-state index is 13.8. The van der Waals surface area contributed by atoms with E-state index in [0.29, 0.717) is 27.5 Å². The van der Waals surface area contributed by atoms with Crippen molar-refractivity contribution in [2.75, 3.05) is 19.1 Å². The number of anilines is 1. The molecule has 1 unspecified atom stereocenters. The van der Waals surface area contributed by atoms with E-state index >= 15 is 0 Å². The Hall–Kier alpha value is -4.33. The van der Waals surface area contributed by atoms with Crippen molar-refractivity contribution < 1.29 is 52.4 Å². The van der Waals surface area contributed by atoms with Crippen LogP contribution in [0.3, 0.4) is 0 Å². The minimum Gasteiger partial charge on any atom is -0.467 e. The van der Waals surface area contributed by atoms with Gasteiger partial charge in [-0.15, -0.1) is 0 Å². The summed E-state index contributed by atoms with van der Waals surface area (Å²) in [6.45, 7) is 3.20. The highest BCUT2D eigenvalue weighted by molar-refractivity contribution is 6.32. The Morgan fingerprint density at radius 2 is 1.49 bits per heavy atom. The first-order valence-electron chi connectivity index (χ1n) is 13.0. The lowest BCUT2D eigenvalue weighted by atomic mass is 9.97. The van der Waals surface area contributed by atoms with Crippen LogP contribution in [0.2, 0.25) is 5.02 Å². The maximum Gasteiger partial charge on any atom is 0.339 e. The van der Waals surface area contributed by atoms with E-state index in [4.69, 9.17) is 40.0 Å². The molecule has 0 spiro atoms. The number of carbonyl (C=O) groups is 5. The van der Waals surface area contributed by atoms with Gasteiger partial charge < -0.3 is 33.3 Å². The van der Waals surface area contributed by atoms with Gasteiger partial charge in [0.1, 0.15) is 0 Å². The van der Waals surface area contributed by atoms with Gasteiger partial charge in [0.25, 0.3) is 5.91 Å². The van der Waals surface area contributed by atoms with Gasteiger partial charge in [0, 0.05) is 44.0 Å². The summed E-state index contributed by atoms with van der Waals surface area (Å²) >= 11 is 6.31. The maximum absolute atomic E-state index is 13.8. The van der Waals surface area contributed by atoms with Crippen LogP contribution in [-0.2, 0) is 52.4 Å². The molecule has 1 saturated heterocycles. The SMILES string of the molecule is COC(=O)[C@@H]1O[C@H](OC2N=C(c3ccccc3)c3cc(Cl)ccc3N(C)C2=O)[C@@H](OC(C)=O)[C@H](OC(C)=O)[C@H]1OC(C)=O. The number of esters is 4. The van der Waals surface area contributed by atoms with Gasteiger partial charge >= 0.3 is 23.9 Å². The average molecular weight is 617 g/mol. The van der Waals surface area contributed by atoms with Crippen molar-refractivity contribution in [2.24, 2.45) is 4.99 Å². The number of carbonyl (C=O) groups excluding carboxylic acids is 5. The quantitative estimate of drug-likeness (QED) is 0.332. The number of benzodiazepines with no additional fused rings is 1. The van der Waals surface area contributed by atoms with Crippen LogP contribution in [-0.4, -0.2) is 86.6 Å². The number of benzene rings is 2. The first-order chi connectivity index (χ1) is 20.4. The van der Waals surface area contributed by atoms with Gasteiger partial charge in [-0.25, -0.2) is 9.79 Å². The molecule has 228 valence electrons.